The summed E-state index contributed by atoms with van der Waals surface area (Å²) >= 11 is 0. The van der Waals surface area contributed by atoms with Gasteiger partial charge in [0.25, 0.3) is 5.56 Å². The first-order valence-electron chi connectivity index (χ1n) is 5.20. The minimum absolute atomic E-state index is 0.00278. The maximum Gasteiger partial charge on any atom is 0.272 e. The van der Waals surface area contributed by atoms with Crippen LogP contribution in [0.2, 0.25) is 25.7 Å². The highest BCUT2D eigenvalue weighted by Gasteiger charge is 2.13. The van der Waals surface area contributed by atoms with E-state index in [-0.39, 0.29) is 5.56 Å². The topological polar surface area (TPSA) is 36.2 Å². The SMILES string of the molecule is Cc1cn(OCC[Si](C)(C)C)n(C)c1=O. The Labute approximate surface area is 91.4 Å². The van der Waals surface area contributed by atoms with Crippen LogP contribution in [0, 0.1) is 6.92 Å². The third-order valence-electron chi connectivity index (χ3n) is 2.31. The molecule has 0 saturated heterocycles. The molecule has 0 saturated carbocycles. The zero-order valence-corrected chi connectivity index (χ0v) is 11.2. The van der Waals surface area contributed by atoms with Gasteiger partial charge >= 0.3 is 0 Å². The summed E-state index contributed by atoms with van der Waals surface area (Å²) in [5.74, 6) is 0. The Morgan fingerprint density at radius 2 is 2.00 bits per heavy atom. The molecule has 1 aromatic heterocycles. The van der Waals surface area contributed by atoms with Crippen LogP contribution in [-0.2, 0) is 7.05 Å². The second kappa shape index (κ2) is 4.26. The van der Waals surface area contributed by atoms with E-state index in [4.69, 9.17) is 4.84 Å². The van der Waals surface area contributed by atoms with Crippen molar-refractivity contribution in [3.05, 3.63) is 22.1 Å². The molecule has 1 heterocycles. The van der Waals surface area contributed by atoms with Gasteiger partial charge in [-0.3, -0.25) is 4.79 Å². The number of hydrogen-bond acceptors (Lipinski definition) is 2. The number of aromatic nitrogens is 2. The summed E-state index contributed by atoms with van der Waals surface area (Å²) in [7, 11) is 0.651. The lowest BCUT2D eigenvalue weighted by atomic mass is 10.4. The van der Waals surface area contributed by atoms with Crippen LogP contribution in [0.5, 0.6) is 0 Å². The molecule has 1 rings (SSSR count). The maximum absolute atomic E-state index is 11.4. The maximum atomic E-state index is 11.4. The summed E-state index contributed by atoms with van der Waals surface area (Å²) in [6.45, 7) is 9.38. The molecule has 0 aliphatic carbocycles. The smallest absolute Gasteiger partial charge is 0.272 e. The monoisotopic (exact) mass is 228 g/mol. The minimum Gasteiger partial charge on any atom is -0.399 e. The van der Waals surface area contributed by atoms with Crippen LogP contribution in [0.4, 0.5) is 0 Å². The van der Waals surface area contributed by atoms with Gasteiger partial charge in [0.2, 0.25) is 0 Å². The molecule has 5 heteroatoms. The first-order chi connectivity index (χ1) is 6.81. The van der Waals surface area contributed by atoms with Crippen LogP contribution in [-0.4, -0.2) is 24.2 Å². The average molecular weight is 228 g/mol. The Hall–Kier alpha value is -0.973. The molecule has 86 valence electrons. The summed E-state index contributed by atoms with van der Waals surface area (Å²) in [4.78, 5) is 18.5. The van der Waals surface area contributed by atoms with E-state index in [0.29, 0.717) is 12.2 Å². The van der Waals surface area contributed by atoms with Crippen LogP contribution in [0.1, 0.15) is 5.56 Å². The Kier molecular flexibility index (Phi) is 3.44. The van der Waals surface area contributed by atoms with Crippen molar-refractivity contribution < 1.29 is 4.84 Å². The summed E-state index contributed by atoms with van der Waals surface area (Å²) in [5.41, 5.74) is 0.716. The molecule has 0 fully saturated rings. The molecule has 0 N–H and O–H groups in total. The lowest BCUT2D eigenvalue weighted by Gasteiger charge is -2.16. The lowest BCUT2D eigenvalue weighted by Crippen LogP contribution is -2.29. The molecule has 0 atom stereocenters. The molecule has 0 amide bonds. The quantitative estimate of drug-likeness (QED) is 0.727. The van der Waals surface area contributed by atoms with Crippen LogP contribution >= 0.6 is 0 Å². The van der Waals surface area contributed by atoms with Crippen molar-refractivity contribution in [1.82, 2.24) is 9.53 Å². The predicted octanol–water partition coefficient (Wildman–Crippen LogP) is 1.26. The van der Waals surface area contributed by atoms with Crippen molar-refractivity contribution in [2.45, 2.75) is 32.6 Å². The molecular formula is C10H20N2O2Si. The first kappa shape index (κ1) is 12.1. The number of hydrogen-bond donors (Lipinski definition) is 0. The molecule has 0 spiro atoms. The summed E-state index contributed by atoms with van der Waals surface area (Å²) in [6.07, 6.45) is 1.73. The van der Waals surface area contributed by atoms with Gasteiger partial charge in [0.05, 0.1) is 6.20 Å². The molecule has 0 aliphatic rings. The van der Waals surface area contributed by atoms with Gasteiger partial charge in [0.1, 0.15) is 6.61 Å². The fourth-order valence-electron chi connectivity index (χ4n) is 1.22. The number of rotatable bonds is 4. The zero-order chi connectivity index (χ0) is 11.6. The highest BCUT2D eigenvalue weighted by Crippen LogP contribution is 2.06. The molecule has 1 aromatic rings. The van der Waals surface area contributed by atoms with E-state index < -0.39 is 8.07 Å². The van der Waals surface area contributed by atoms with Crippen molar-refractivity contribution in [1.29, 1.82) is 0 Å². The van der Waals surface area contributed by atoms with Crippen molar-refractivity contribution in [2.24, 2.45) is 7.05 Å². The Morgan fingerprint density at radius 3 is 2.40 bits per heavy atom. The molecule has 0 radical (unpaired) electrons. The fourth-order valence-corrected chi connectivity index (χ4v) is 1.93. The van der Waals surface area contributed by atoms with E-state index in [2.05, 4.69) is 19.6 Å². The van der Waals surface area contributed by atoms with Crippen molar-refractivity contribution in [2.75, 3.05) is 6.61 Å². The standard InChI is InChI=1S/C10H20N2O2Si/c1-9-8-12(11(2)10(9)13)14-6-7-15(3,4)5/h8H,6-7H2,1-5H3. The van der Waals surface area contributed by atoms with Gasteiger partial charge in [-0.2, -0.15) is 0 Å². The molecule has 15 heavy (non-hydrogen) atoms. The first-order valence-corrected chi connectivity index (χ1v) is 8.90. The van der Waals surface area contributed by atoms with E-state index in [9.17, 15) is 4.79 Å². The van der Waals surface area contributed by atoms with Crippen molar-refractivity contribution >= 4 is 8.07 Å². The Bertz CT molecular complexity index is 387. The zero-order valence-electron chi connectivity index (χ0n) is 10.2. The molecule has 0 bridgehead atoms. The third-order valence-corrected chi connectivity index (χ3v) is 4.01. The van der Waals surface area contributed by atoms with Crippen molar-refractivity contribution in [3.8, 4) is 0 Å². The molecule has 0 unspecified atom stereocenters. The highest BCUT2D eigenvalue weighted by atomic mass is 28.3. The van der Waals surface area contributed by atoms with E-state index in [1.165, 1.54) is 9.53 Å². The number of aryl methyl sites for hydroxylation is 1. The van der Waals surface area contributed by atoms with E-state index >= 15 is 0 Å². The number of nitrogens with zero attached hydrogens (tertiary/aromatic N) is 2. The Morgan fingerprint density at radius 1 is 1.40 bits per heavy atom. The Balaban J connectivity index is 2.59. The van der Waals surface area contributed by atoms with E-state index in [1.54, 1.807) is 20.2 Å². The lowest BCUT2D eigenvalue weighted by molar-refractivity contribution is 0.0670. The third kappa shape index (κ3) is 3.26. The van der Waals surface area contributed by atoms with Gasteiger partial charge in [-0.15, -0.1) is 4.85 Å². The minimum atomic E-state index is -1.06. The average Bonchev–Trinajstić information content (AvgIpc) is 2.32. The normalized spacial score (nSPS) is 11.8. The fraction of sp³-hybridized carbons (Fsp3) is 0.700. The second-order valence-electron chi connectivity index (χ2n) is 5.09. The highest BCUT2D eigenvalue weighted by molar-refractivity contribution is 6.76. The van der Waals surface area contributed by atoms with Crippen LogP contribution in [0.25, 0.3) is 0 Å². The predicted molar refractivity (Wildman–Crippen MR) is 64.0 cm³/mol. The summed E-state index contributed by atoms with van der Waals surface area (Å²) in [5, 5.41) is 0. The molecule has 4 nitrogen and oxygen atoms in total. The van der Waals surface area contributed by atoms with Gasteiger partial charge in [0.15, 0.2) is 0 Å². The van der Waals surface area contributed by atoms with E-state index in [0.717, 1.165) is 6.04 Å². The van der Waals surface area contributed by atoms with Gasteiger partial charge in [-0.1, -0.05) is 19.6 Å². The largest absolute Gasteiger partial charge is 0.399 e. The summed E-state index contributed by atoms with van der Waals surface area (Å²) < 4.78 is 1.49. The van der Waals surface area contributed by atoms with Crippen LogP contribution < -0.4 is 10.4 Å². The summed E-state index contributed by atoms with van der Waals surface area (Å²) in [6, 6.07) is 1.10. The van der Waals surface area contributed by atoms with Gasteiger partial charge in [-0.25, -0.2) is 4.68 Å². The van der Waals surface area contributed by atoms with Crippen LogP contribution in [0.3, 0.4) is 0 Å². The second-order valence-corrected chi connectivity index (χ2v) is 10.7. The van der Waals surface area contributed by atoms with Crippen molar-refractivity contribution in [3.63, 3.8) is 0 Å². The van der Waals surface area contributed by atoms with Gasteiger partial charge in [0, 0.05) is 20.7 Å². The van der Waals surface area contributed by atoms with Crippen LogP contribution in [0.15, 0.2) is 11.0 Å². The molecule has 0 aromatic carbocycles. The molecule has 0 aliphatic heterocycles. The van der Waals surface area contributed by atoms with Gasteiger partial charge in [-0.05, 0) is 13.0 Å². The van der Waals surface area contributed by atoms with Gasteiger partial charge < -0.3 is 4.84 Å². The van der Waals surface area contributed by atoms with E-state index in [1.807, 2.05) is 0 Å². The molecular weight excluding hydrogens is 208 g/mol.